The van der Waals surface area contributed by atoms with E-state index in [4.69, 9.17) is 11.8 Å². The molecule has 0 spiro atoms. The molecule has 126 valence electrons. The molecule has 0 aromatic heterocycles. The van der Waals surface area contributed by atoms with E-state index in [0.717, 1.165) is 13.1 Å². The van der Waals surface area contributed by atoms with Crippen molar-refractivity contribution in [2.75, 3.05) is 0 Å². The average Bonchev–Trinajstić information content (AvgIpc) is 2.90. The molecule has 0 amide bonds. The van der Waals surface area contributed by atoms with E-state index in [1.165, 1.54) is 36.8 Å². The lowest BCUT2D eigenvalue weighted by molar-refractivity contribution is 0.197. The SMILES string of the molecule is S=[PH]1N(Cc2ccccc2)[C@@H]2CCCC[C@H]2N1Cc1ccccc1. The number of benzene rings is 2. The van der Waals surface area contributed by atoms with Crippen molar-refractivity contribution in [3.63, 3.8) is 0 Å². The van der Waals surface area contributed by atoms with Crippen LogP contribution in [0, 0.1) is 0 Å². The van der Waals surface area contributed by atoms with Gasteiger partial charge in [-0.1, -0.05) is 85.3 Å². The van der Waals surface area contributed by atoms with Gasteiger partial charge in [0.25, 0.3) is 0 Å². The molecule has 0 radical (unpaired) electrons. The lowest BCUT2D eigenvalue weighted by Gasteiger charge is -2.32. The third-order valence-electron chi connectivity index (χ3n) is 5.38. The van der Waals surface area contributed by atoms with Crippen molar-refractivity contribution >= 4 is 18.8 Å². The average molecular weight is 356 g/mol. The molecule has 2 aromatic carbocycles. The molecule has 2 atom stereocenters. The molecule has 4 heteroatoms. The Morgan fingerprint density at radius 1 is 0.750 bits per heavy atom. The lowest BCUT2D eigenvalue weighted by atomic mass is 9.90. The van der Waals surface area contributed by atoms with Crippen LogP contribution in [0.4, 0.5) is 0 Å². The Kier molecular flexibility index (Phi) is 5.14. The standard InChI is InChI=1S/C20H25N2PS/c24-23-21(15-17-9-3-1-4-10-17)19-13-7-8-14-20(19)22(23)16-18-11-5-2-6-12-18/h1-6,9-12,19-20,23H,7-8,13-16H2/t19-,20-/m1/s1. The van der Waals surface area contributed by atoms with Crippen molar-refractivity contribution in [3.05, 3.63) is 71.8 Å². The summed E-state index contributed by atoms with van der Waals surface area (Å²) in [6.07, 6.45) is 5.34. The van der Waals surface area contributed by atoms with Gasteiger partial charge in [-0.3, -0.25) is 9.34 Å². The summed E-state index contributed by atoms with van der Waals surface area (Å²) in [5, 5.41) is 0. The summed E-state index contributed by atoms with van der Waals surface area (Å²) in [7, 11) is 0. The smallest absolute Gasteiger partial charge is 0.0664 e. The highest BCUT2D eigenvalue weighted by atomic mass is 32.4. The zero-order valence-electron chi connectivity index (χ0n) is 14.0. The molecular formula is C20H25N2PS. The van der Waals surface area contributed by atoms with Gasteiger partial charge < -0.3 is 0 Å². The normalized spacial score (nSPS) is 25.7. The minimum absolute atomic E-state index is 0.661. The van der Waals surface area contributed by atoms with E-state index in [-0.39, 0.29) is 0 Å². The predicted molar refractivity (Wildman–Crippen MR) is 106 cm³/mol. The monoisotopic (exact) mass is 356 g/mol. The first kappa shape index (κ1) is 16.5. The van der Waals surface area contributed by atoms with Gasteiger partial charge in [0.05, 0.1) is 7.00 Å². The van der Waals surface area contributed by atoms with E-state index in [9.17, 15) is 0 Å². The summed E-state index contributed by atoms with van der Waals surface area (Å²) in [5.74, 6) is 0. The number of hydrogen-bond acceptors (Lipinski definition) is 1. The maximum atomic E-state index is 6.11. The van der Waals surface area contributed by atoms with Gasteiger partial charge >= 0.3 is 0 Å². The molecule has 2 nitrogen and oxygen atoms in total. The summed E-state index contributed by atoms with van der Waals surface area (Å²) >= 11 is 6.11. The van der Waals surface area contributed by atoms with E-state index in [1.54, 1.807) is 0 Å². The first-order chi connectivity index (χ1) is 11.8. The van der Waals surface area contributed by atoms with Crippen LogP contribution in [-0.2, 0) is 24.9 Å². The van der Waals surface area contributed by atoms with Crippen LogP contribution in [0.5, 0.6) is 0 Å². The summed E-state index contributed by atoms with van der Waals surface area (Å²) in [4.78, 5) is 0. The Hall–Kier alpha value is -0.990. The Morgan fingerprint density at radius 3 is 1.58 bits per heavy atom. The predicted octanol–water partition coefficient (Wildman–Crippen LogP) is 4.82. The Morgan fingerprint density at radius 2 is 1.17 bits per heavy atom. The van der Waals surface area contributed by atoms with E-state index in [1.807, 2.05) is 0 Å². The third-order valence-corrected chi connectivity index (χ3v) is 8.75. The molecule has 1 aliphatic carbocycles. The molecule has 2 aliphatic rings. The minimum atomic E-state index is -1.06. The molecule has 4 rings (SSSR count). The number of hydrogen-bond donors (Lipinski definition) is 0. The highest BCUT2D eigenvalue weighted by Crippen LogP contribution is 2.51. The number of fused-ring (bicyclic) bond motifs is 1. The first-order valence-electron chi connectivity index (χ1n) is 8.98. The molecule has 1 saturated heterocycles. The van der Waals surface area contributed by atoms with E-state index >= 15 is 0 Å². The first-order valence-corrected chi connectivity index (χ1v) is 11.5. The topological polar surface area (TPSA) is 6.48 Å². The third kappa shape index (κ3) is 3.36. The van der Waals surface area contributed by atoms with Crippen LogP contribution >= 0.6 is 7.00 Å². The summed E-state index contributed by atoms with van der Waals surface area (Å²) in [6, 6.07) is 23.0. The van der Waals surface area contributed by atoms with Crippen molar-refractivity contribution in [1.29, 1.82) is 0 Å². The maximum Gasteiger partial charge on any atom is 0.0664 e. The van der Waals surface area contributed by atoms with Crippen LogP contribution in [0.15, 0.2) is 60.7 Å². The summed E-state index contributed by atoms with van der Waals surface area (Å²) in [5.41, 5.74) is 2.80. The van der Waals surface area contributed by atoms with Gasteiger partial charge in [0.1, 0.15) is 0 Å². The second kappa shape index (κ2) is 7.49. The minimum Gasteiger partial charge on any atom is -0.257 e. The number of rotatable bonds is 4. The molecule has 1 aliphatic heterocycles. The lowest BCUT2D eigenvalue weighted by Crippen LogP contribution is -2.39. The quantitative estimate of drug-likeness (QED) is 0.725. The van der Waals surface area contributed by atoms with E-state index < -0.39 is 7.00 Å². The van der Waals surface area contributed by atoms with Crippen molar-refractivity contribution in [2.45, 2.75) is 50.9 Å². The molecule has 0 N–H and O–H groups in total. The van der Waals surface area contributed by atoms with Gasteiger partial charge in [0, 0.05) is 25.2 Å². The van der Waals surface area contributed by atoms with Crippen molar-refractivity contribution in [2.24, 2.45) is 0 Å². The van der Waals surface area contributed by atoms with Crippen LogP contribution in [0.2, 0.25) is 0 Å². The summed E-state index contributed by atoms with van der Waals surface area (Å²) in [6.45, 7) is 0.978. The fourth-order valence-electron chi connectivity index (χ4n) is 4.20. The molecule has 1 saturated carbocycles. The Bertz CT molecular complexity index is 632. The highest BCUT2D eigenvalue weighted by Gasteiger charge is 2.43. The van der Waals surface area contributed by atoms with Crippen LogP contribution < -0.4 is 0 Å². The molecule has 2 fully saturated rings. The molecule has 2 aromatic rings. The fourth-order valence-corrected chi connectivity index (χ4v) is 7.53. The molecule has 1 heterocycles. The Balaban J connectivity index is 1.57. The van der Waals surface area contributed by atoms with Crippen LogP contribution in [0.1, 0.15) is 36.8 Å². The second-order valence-corrected chi connectivity index (χ2v) is 9.74. The van der Waals surface area contributed by atoms with Crippen LogP contribution in [0.25, 0.3) is 0 Å². The van der Waals surface area contributed by atoms with Gasteiger partial charge in [-0.15, -0.1) is 0 Å². The maximum absolute atomic E-state index is 6.11. The fraction of sp³-hybridized carbons (Fsp3) is 0.400. The van der Waals surface area contributed by atoms with Crippen molar-refractivity contribution in [3.8, 4) is 0 Å². The van der Waals surface area contributed by atoms with E-state index in [0.29, 0.717) is 12.1 Å². The van der Waals surface area contributed by atoms with Gasteiger partial charge in [-0.25, -0.2) is 0 Å². The van der Waals surface area contributed by atoms with Crippen molar-refractivity contribution < 1.29 is 0 Å². The molecule has 0 bridgehead atoms. The van der Waals surface area contributed by atoms with Gasteiger partial charge in [0.2, 0.25) is 0 Å². The summed E-state index contributed by atoms with van der Waals surface area (Å²) < 4.78 is 5.34. The van der Waals surface area contributed by atoms with Crippen LogP contribution in [0.3, 0.4) is 0 Å². The molecular weight excluding hydrogens is 331 g/mol. The van der Waals surface area contributed by atoms with Crippen molar-refractivity contribution in [1.82, 2.24) is 9.34 Å². The Labute approximate surface area is 151 Å². The largest absolute Gasteiger partial charge is 0.257 e. The van der Waals surface area contributed by atoms with Gasteiger partial charge in [0.15, 0.2) is 0 Å². The molecule has 0 unspecified atom stereocenters. The zero-order chi connectivity index (χ0) is 16.4. The van der Waals surface area contributed by atoms with Gasteiger partial charge in [-0.2, -0.15) is 0 Å². The van der Waals surface area contributed by atoms with E-state index in [2.05, 4.69) is 70.0 Å². The molecule has 24 heavy (non-hydrogen) atoms. The number of nitrogens with zero attached hydrogens (tertiary/aromatic N) is 2. The second-order valence-electron chi connectivity index (χ2n) is 6.93. The van der Waals surface area contributed by atoms with Crippen LogP contribution in [-0.4, -0.2) is 21.4 Å². The van der Waals surface area contributed by atoms with Gasteiger partial charge in [-0.05, 0) is 24.0 Å². The highest BCUT2D eigenvalue weighted by molar-refractivity contribution is 8.03. The zero-order valence-corrected chi connectivity index (χ0v) is 15.8.